The Bertz CT molecular complexity index is 2680. The Labute approximate surface area is 448 Å². The fraction of sp³-hybridized carbons (Fsp3) is 0.500. The summed E-state index contributed by atoms with van der Waals surface area (Å²) in [5.41, 5.74) is 12.9. The highest BCUT2D eigenvalue weighted by Gasteiger charge is 2.28. The molecule has 0 radical (unpaired) electrons. The third kappa shape index (κ3) is 28.9. The van der Waals surface area contributed by atoms with Gasteiger partial charge in [0.05, 0.1) is 29.5 Å². The number of benzene rings is 4. The number of hydrogen-bond acceptors (Lipinski definition) is 17. The average molecular weight is 1140 g/mol. The fourth-order valence-corrected chi connectivity index (χ4v) is 9.10. The molecule has 0 bridgehead atoms. The van der Waals surface area contributed by atoms with E-state index >= 15 is 0 Å². The lowest BCUT2D eigenvalue weighted by Gasteiger charge is -2.22. The molecule has 0 aromatic heterocycles. The molecular weight excluding hydrogens is 1060 g/mol. The molecule has 23 nitrogen and oxygen atoms in total. The van der Waals surface area contributed by atoms with Crippen LogP contribution in [0, 0.1) is 30.3 Å². The van der Waals surface area contributed by atoms with Crippen molar-refractivity contribution >= 4 is 68.2 Å². The van der Waals surface area contributed by atoms with Crippen molar-refractivity contribution in [1.29, 1.82) is 0 Å². The highest BCUT2D eigenvalue weighted by Crippen LogP contribution is 2.35. The van der Waals surface area contributed by atoms with E-state index in [9.17, 15) is 55.6 Å². The molecule has 0 saturated carbocycles. The Kier molecular flexibility index (Phi) is 34.4. The van der Waals surface area contributed by atoms with E-state index in [1.807, 2.05) is 90.0 Å². The zero-order valence-corrected chi connectivity index (χ0v) is 49.5. The summed E-state index contributed by atoms with van der Waals surface area (Å²) < 4.78 is 73.3. The van der Waals surface area contributed by atoms with Crippen LogP contribution in [0.5, 0.6) is 0 Å². The maximum absolute atomic E-state index is 11.4. The van der Waals surface area contributed by atoms with Crippen molar-refractivity contribution in [2.75, 3.05) is 31.3 Å². The number of anilines is 2. The number of hydrogen-bond donors (Lipinski definition) is 6. The van der Waals surface area contributed by atoms with E-state index in [2.05, 4.69) is 0 Å². The molecule has 0 atom stereocenters. The highest BCUT2D eigenvalue weighted by atomic mass is 35.7. The van der Waals surface area contributed by atoms with E-state index in [-0.39, 0.29) is 60.8 Å². The smallest absolute Gasteiger partial charge is 0.271 e. The molecule has 0 heterocycles. The van der Waals surface area contributed by atoms with Crippen molar-refractivity contribution in [3.63, 3.8) is 0 Å². The van der Waals surface area contributed by atoms with Gasteiger partial charge in [0.2, 0.25) is 20.0 Å². The summed E-state index contributed by atoms with van der Waals surface area (Å²) in [6, 6.07) is 16.8. The molecule has 0 unspecified atom stereocenters. The Morgan fingerprint density at radius 2 is 0.773 bits per heavy atom. The van der Waals surface area contributed by atoms with Gasteiger partial charge in [-0.2, -0.15) is 0 Å². The number of sulfonamides is 2. The standard InChI is InChI=1S/C10H12ClNO4S.C10H14N2O4S.C10H16N2O2S.C10H14N2O2.C4H10O.C2H6O.C2H6.H3N.H2O/c2*1-10(2,3)8-5-4-7(12(13)14)6-9(8)17(11,15)16;1-10(2,3)8-5-4-7(11)6-9(8)15(12,13)14;1-10(2,3)8-5-4-7(12(13)14)6-9(8)11;1-3-5-4-2;1-2-3;1-2;;/h4-6H,1-3H3;4-6H,1-3H3,(H2,11,15,16);4-6H,11H2,1-3H3,(H2,12,13,14);4-6H,11H2,1-3H3;3-4H2,1-2H3;3H,2H2,1H3;1-2H3;1H3;1H2. The minimum atomic E-state index is -4.00. The van der Waals surface area contributed by atoms with Crippen LogP contribution >= 0.6 is 10.7 Å². The molecule has 14 N–H and O–H groups in total. The summed E-state index contributed by atoms with van der Waals surface area (Å²) in [6.07, 6.45) is 0. The number of nitrogens with zero attached hydrogens (tertiary/aromatic N) is 3. The minimum Gasteiger partial charge on any atom is -0.412 e. The van der Waals surface area contributed by atoms with Crippen LogP contribution in [-0.2, 0) is 55.5 Å². The molecule has 0 aliphatic carbocycles. The number of nitro benzene ring substituents is 3. The Hall–Kier alpha value is -5.42. The summed E-state index contributed by atoms with van der Waals surface area (Å²) in [4.78, 5) is 29.6. The van der Waals surface area contributed by atoms with Gasteiger partial charge in [-0.1, -0.05) is 115 Å². The van der Waals surface area contributed by atoms with Crippen LogP contribution in [0.25, 0.3) is 0 Å². The molecule has 430 valence electrons. The fourth-order valence-electron chi connectivity index (χ4n) is 5.87. The predicted molar refractivity (Wildman–Crippen MR) is 300 cm³/mol. The summed E-state index contributed by atoms with van der Waals surface area (Å²) in [6.45, 7) is 34.3. The number of aliphatic hydroxyl groups is 1. The van der Waals surface area contributed by atoms with Crippen LogP contribution < -0.4 is 27.9 Å². The van der Waals surface area contributed by atoms with Gasteiger partial charge >= 0.3 is 0 Å². The summed E-state index contributed by atoms with van der Waals surface area (Å²) >= 11 is 0. The third-order valence-corrected chi connectivity index (χ3v) is 12.4. The minimum absolute atomic E-state index is 0. The maximum atomic E-state index is 11.4. The molecule has 0 fully saturated rings. The quantitative estimate of drug-likeness (QED) is 0.0414. The first kappa shape index (κ1) is 78.5. The van der Waals surface area contributed by atoms with Crippen LogP contribution in [0.2, 0.25) is 0 Å². The second-order valence-corrected chi connectivity index (χ2v) is 24.9. The summed E-state index contributed by atoms with van der Waals surface area (Å²) in [5.74, 6) is 0. The van der Waals surface area contributed by atoms with Gasteiger partial charge in [-0.25, -0.2) is 35.5 Å². The number of halogens is 1. The van der Waals surface area contributed by atoms with Crippen molar-refractivity contribution in [3.05, 3.63) is 125 Å². The van der Waals surface area contributed by atoms with Gasteiger partial charge in [-0.05, 0) is 82.9 Å². The van der Waals surface area contributed by atoms with Crippen molar-refractivity contribution in [1.82, 2.24) is 6.15 Å². The largest absolute Gasteiger partial charge is 0.412 e. The molecule has 4 rings (SSSR count). The number of nitrogens with two attached hydrogens (primary N) is 4. The van der Waals surface area contributed by atoms with Crippen molar-refractivity contribution in [3.8, 4) is 0 Å². The van der Waals surface area contributed by atoms with Crippen LogP contribution in [0.3, 0.4) is 0 Å². The zero-order valence-electron chi connectivity index (χ0n) is 46.3. The number of nitro groups is 3. The van der Waals surface area contributed by atoms with E-state index in [0.717, 1.165) is 30.9 Å². The maximum Gasteiger partial charge on any atom is 0.271 e. The number of primary sulfonamides is 2. The number of ether oxygens (including phenoxy) is 1. The molecular formula is C48H83ClN8O15S3. The highest BCUT2D eigenvalue weighted by molar-refractivity contribution is 8.13. The predicted octanol–water partition coefficient (Wildman–Crippen LogP) is 9.45. The van der Waals surface area contributed by atoms with Crippen molar-refractivity contribution < 1.29 is 55.3 Å². The molecule has 0 amide bonds. The van der Waals surface area contributed by atoms with Gasteiger partial charge < -0.3 is 32.9 Å². The molecule has 4 aromatic rings. The van der Waals surface area contributed by atoms with Crippen molar-refractivity contribution in [2.24, 2.45) is 10.3 Å². The van der Waals surface area contributed by atoms with Gasteiger partial charge in [-0.15, -0.1) is 0 Å². The van der Waals surface area contributed by atoms with Gasteiger partial charge in [0.1, 0.15) is 0 Å². The molecule has 0 aliphatic heterocycles. The van der Waals surface area contributed by atoms with Gasteiger partial charge in [0.15, 0.2) is 0 Å². The molecule has 4 aromatic carbocycles. The van der Waals surface area contributed by atoms with Crippen LogP contribution in [0.15, 0.2) is 87.5 Å². The second kappa shape index (κ2) is 32.9. The second-order valence-electron chi connectivity index (χ2n) is 19.3. The van der Waals surface area contributed by atoms with Crippen LogP contribution in [0.1, 0.15) is 140 Å². The number of nitrogen functional groups attached to an aromatic ring is 2. The third-order valence-electron chi connectivity index (χ3n) is 9.12. The first-order valence-electron chi connectivity index (χ1n) is 22.5. The topological polar surface area (TPSA) is 432 Å². The first-order chi connectivity index (χ1) is 32.8. The lowest BCUT2D eigenvalue weighted by molar-refractivity contribution is -0.385. The number of non-ortho nitro benzene ring substituents is 3. The summed E-state index contributed by atoms with van der Waals surface area (Å²) in [5, 5.41) is 49.5. The normalized spacial score (nSPS) is 11.2. The number of aliphatic hydroxyl groups excluding tert-OH is 1. The Balaban J connectivity index is -0.000000272. The van der Waals surface area contributed by atoms with Gasteiger partial charge in [-0.3, -0.25) is 30.3 Å². The zero-order chi connectivity index (χ0) is 58.5. The molecule has 0 spiro atoms. The molecule has 75 heavy (non-hydrogen) atoms. The van der Waals surface area contributed by atoms with E-state index in [4.69, 9.17) is 42.3 Å². The number of rotatable bonds is 8. The molecule has 0 saturated heterocycles. The SMILES string of the molecule is CC.CC(C)(C)c1ccc(N)cc1S(N)(=O)=O.CC(C)(C)c1ccc([N+](=O)[O-])cc1N.CC(C)(C)c1ccc([N+](=O)[O-])cc1S(=O)(=O)Cl.CC(C)(C)c1ccc([N+](=O)[O-])cc1S(N)(=O)=O.CCO.CCOCC.N.O. The Morgan fingerprint density at radius 3 is 1.01 bits per heavy atom. The van der Waals surface area contributed by atoms with E-state index in [0.29, 0.717) is 28.1 Å². The summed E-state index contributed by atoms with van der Waals surface area (Å²) in [7, 11) is -6.41. The van der Waals surface area contributed by atoms with Gasteiger partial charge in [0.25, 0.3) is 26.1 Å². The molecule has 27 heteroatoms. The lowest BCUT2D eigenvalue weighted by Crippen LogP contribution is -2.21. The van der Waals surface area contributed by atoms with Crippen LogP contribution in [-0.4, -0.2) is 70.4 Å². The lowest BCUT2D eigenvalue weighted by atomic mass is 9.86. The van der Waals surface area contributed by atoms with Gasteiger partial charge in [0, 0.05) is 78.3 Å². The van der Waals surface area contributed by atoms with E-state index in [1.54, 1.807) is 45.9 Å². The van der Waals surface area contributed by atoms with Crippen molar-refractivity contribution in [2.45, 2.75) is 154 Å². The van der Waals surface area contributed by atoms with E-state index in [1.165, 1.54) is 42.5 Å². The molecule has 0 aliphatic rings. The van der Waals surface area contributed by atoms with E-state index < -0.39 is 54.7 Å². The average Bonchev–Trinajstić information content (AvgIpc) is 3.23. The monoisotopic (exact) mass is 1140 g/mol. The first-order valence-corrected chi connectivity index (χ1v) is 28.0. The van der Waals surface area contributed by atoms with Crippen LogP contribution in [0.4, 0.5) is 28.4 Å². The Morgan fingerprint density at radius 1 is 0.520 bits per heavy atom.